The SMILES string of the molecule is COc1cccc(NC(=O)CN(c2ccc(C)cc2)S(C)(=O)=O)c1. The number of sulfonamides is 1. The first kappa shape index (κ1) is 17.8. The van der Waals surface area contributed by atoms with Gasteiger partial charge in [0.15, 0.2) is 0 Å². The minimum Gasteiger partial charge on any atom is -0.497 e. The fourth-order valence-corrected chi connectivity index (χ4v) is 3.00. The van der Waals surface area contributed by atoms with Crippen molar-refractivity contribution in [2.45, 2.75) is 6.92 Å². The van der Waals surface area contributed by atoms with Crippen molar-refractivity contribution in [1.29, 1.82) is 0 Å². The third-order valence-corrected chi connectivity index (χ3v) is 4.50. The van der Waals surface area contributed by atoms with E-state index in [4.69, 9.17) is 4.74 Å². The molecule has 1 N–H and O–H groups in total. The van der Waals surface area contributed by atoms with E-state index in [0.717, 1.165) is 16.1 Å². The molecule has 128 valence electrons. The molecular formula is C17H20N2O4S. The molecule has 0 aliphatic heterocycles. The molecule has 7 heteroatoms. The summed E-state index contributed by atoms with van der Waals surface area (Å²) in [5.74, 6) is 0.167. The lowest BCUT2D eigenvalue weighted by atomic mass is 10.2. The first-order valence-corrected chi connectivity index (χ1v) is 9.13. The summed E-state index contributed by atoms with van der Waals surface area (Å²) in [6, 6.07) is 13.8. The van der Waals surface area contributed by atoms with Gasteiger partial charge in [0.1, 0.15) is 12.3 Å². The fraction of sp³-hybridized carbons (Fsp3) is 0.235. The molecule has 0 spiro atoms. The van der Waals surface area contributed by atoms with Crippen LogP contribution in [0.15, 0.2) is 48.5 Å². The number of nitrogens with one attached hydrogen (secondary N) is 1. The number of ether oxygens (including phenoxy) is 1. The van der Waals surface area contributed by atoms with Gasteiger partial charge in [0.25, 0.3) is 0 Å². The van der Waals surface area contributed by atoms with Crippen LogP contribution in [0.25, 0.3) is 0 Å². The lowest BCUT2D eigenvalue weighted by Crippen LogP contribution is -2.37. The molecule has 0 saturated carbocycles. The maximum atomic E-state index is 12.3. The third kappa shape index (κ3) is 4.73. The zero-order chi connectivity index (χ0) is 17.7. The molecule has 1 amide bonds. The van der Waals surface area contributed by atoms with Crippen molar-refractivity contribution in [1.82, 2.24) is 0 Å². The Morgan fingerprint density at radius 2 is 1.83 bits per heavy atom. The summed E-state index contributed by atoms with van der Waals surface area (Å²) in [6.07, 6.45) is 1.08. The number of aryl methyl sites for hydroxylation is 1. The summed E-state index contributed by atoms with van der Waals surface area (Å²) in [6.45, 7) is 1.60. The van der Waals surface area contributed by atoms with Gasteiger partial charge < -0.3 is 10.1 Å². The van der Waals surface area contributed by atoms with Gasteiger partial charge in [0, 0.05) is 11.8 Å². The van der Waals surface area contributed by atoms with Gasteiger partial charge in [-0.15, -0.1) is 0 Å². The summed E-state index contributed by atoms with van der Waals surface area (Å²) in [7, 11) is -2.05. The standard InChI is InChI=1S/C17H20N2O4S/c1-13-7-9-15(10-8-13)19(24(3,21)22)12-17(20)18-14-5-4-6-16(11-14)23-2/h4-11H,12H2,1-3H3,(H,18,20). The molecule has 6 nitrogen and oxygen atoms in total. The average molecular weight is 348 g/mol. The molecule has 2 rings (SSSR count). The van der Waals surface area contributed by atoms with E-state index in [9.17, 15) is 13.2 Å². The molecule has 0 saturated heterocycles. The molecule has 24 heavy (non-hydrogen) atoms. The van der Waals surface area contributed by atoms with Crippen LogP contribution in [-0.2, 0) is 14.8 Å². The van der Waals surface area contributed by atoms with Gasteiger partial charge in [-0.1, -0.05) is 23.8 Å². The maximum absolute atomic E-state index is 12.3. The quantitative estimate of drug-likeness (QED) is 0.870. The second-order valence-corrected chi connectivity index (χ2v) is 7.29. The zero-order valence-corrected chi connectivity index (χ0v) is 14.6. The van der Waals surface area contributed by atoms with Crippen molar-refractivity contribution in [2.75, 3.05) is 29.5 Å². The Balaban J connectivity index is 2.17. The minimum atomic E-state index is -3.58. The first-order valence-electron chi connectivity index (χ1n) is 7.28. The first-order chi connectivity index (χ1) is 11.3. The van der Waals surface area contributed by atoms with E-state index >= 15 is 0 Å². The number of hydrogen-bond donors (Lipinski definition) is 1. The Morgan fingerprint density at radius 1 is 1.17 bits per heavy atom. The number of methoxy groups -OCH3 is 1. The zero-order valence-electron chi connectivity index (χ0n) is 13.8. The van der Waals surface area contributed by atoms with Crippen LogP contribution in [0, 0.1) is 6.92 Å². The van der Waals surface area contributed by atoms with E-state index in [0.29, 0.717) is 17.1 Å². The summed E-state index contributed by atoms with van der Waals surface area (Å²) >= 11 is 0. The summed E-state index contributed by atoms with van der Waals surface area (Å²) in [5, 5.41) is 2.68. The second-order valence-electron chi connectivity index (χ2n) is 5.39. The monoisotopic (exact) mass is 348 g/mol. The average Bonchev–Trinajstić information content (AvgIpc) is 2.53. The Labute approximate surface area is 142 Å². The van der Waals surface area contributed by atoms with Crippen molar-refractivity contribution >= 4 is 27.3 Å². The van der Waals surface area contributed by atoms with Crippen LogP contribution in [0.5, 0.6) is 5.75 Å². The van der Waals surface area contributed by atoms with Crippen LogP contribution in [0.4, 0.5) is 11.4 Å². The van der Waals surface area contributed by atoms with E-state index in [1.54, 1.807) is 48.5 Å². The van der Waals surface area contributed by atoms with Crippen molar-refractivity contribution in [3.63, 3.8) is 0 Å². The van der Waals surface area contributed by atoms with Gasteiger partial charge in [0.05, 0.1) is 19.1 Å². The number of nitrogens with zero attached hydrogens (tertiary/aromatic N) is 1. The Hall–Kier alpha value is -2.54. The number of carbonyl (C=O) groups is 1. The molecule has 0 radical (unpaired) electrons. The molecule has 2 aromatic carbocycles. The molecule has 0 heterocycles. The van der Waals surface area contributed by atoms with Gasteiger partial charge >= 0.3 is 0 Å². The van der Waals surface area contributed by atoms with Crippen molar-refractivity contribution in [2.24, 2.45) is 0 Å². The Morgan fingerprint density at radius 3 is 2.42 bits per heavy atom. The highest BCUT2D eigenvalue weighted by molar-refractivity contribution is 7.92. The lowest BCUT2D eigenvalue weighted by molar-refractivity contribution is -0.114. The predicted octanol–water partition coefficient (Wildman–Crippen LogP) is 2.41. The Bertz CT molecular complexity index is 817. The maximum Gasteiger partial charge on any atom is 0.245 e. The van der Waals surface area contributed by atoms with Crippen molar-refractivity contribution < 1.29 is 17.9 Å². The van der Waals surface area contributed by atoms with Crippen LogP contribution < -0.4 is 14.4 Å². The molecule has 0 aromatic heterocycles. The fourth-order valence-electron chi connectivity index (χ4n) is 2.14. The lowest BCUT2D eigenvalue weighted by Gasteiger charge is -2.22. The van der Waals surface area contributed by atoms with E-state index in [2.05, 4.69) is 5.32 Å². The van der Waals surface area contributed by atoms with Gasteiger partial charge in [-0.3, -0.25) is 9.10 Å². The third-order valence-electron chi connectivity index (χ3n) is 3.36. The minimum absolute atomic E-state index is 0.306. The highest BCUT2D eigenvalue weighted by Crippen LogP contribution is 2.19. The smallest absolute Gasteiger partial charge is 0.245 e. The molecule has 0 unspecified atom stereocenters. The van der Waals surface area contributed by atoms with Gasteiger partial charge in [0.2, 0.25) is 15.9 Å². The van der Waals surface area contributed by atoms with Crippen LogP contribution >= 0.6 is 0 Å². The van der Waals surface area contributed by atoms with E-state index in [1.165, 1.54) is 7.11 Å². The number of amides is 1. The normalized spacial score (nSPS) is 11.0. The van der Waals surface area contributed by atoms with Gasteiger partial charge in [-0.25, -0.2) is 8.42 Å². The van der Waals surface area contributed by atoms with Crippen molar-refractivity contribution in [3.8, 4) is 5.75 Å². The predicted molar refractivity (Wildman–Crippen MR) is 95.0 cm³/mol. The molecule has 2 aromatic rings. The number of hydrogen-bond acceptors (Lipinski definition) is 4. The van der Waals surface area contributed by atoms with Crippen LogP contribution in [0.3, 0.4) is 0 Å². The van der Waals surface area contributed by atoms with Gasteiger partial charge in [-0.05, 0) is 31.2 Å². The molecule has 0 atom stereocenters. The Kier molecular flexibility index (Phi) is 5.46. The topological polar surface area (TPSA) is 75.7 Å². The van der Waals surface area contributed by atoms with Crippen LogP contribution in [0.1, 0.15) is 5.56 Å². The number of anilines is 2. The molecule has 0 aliphatic rings. The van der Waals surface area contributed by atoms with Crippen molar-refractivity contribution in [3.05, 3.63) is 54.1 Å². The molecule has 0 bridgehead atoms. The van der Waals surface area contributed by atoms with E-state index in [1.807, 2.05) is 6.92 Å². The summed E-state index contributed by atoms with van der Waals surface area (Å²) < 4.78 is 30.2. The summed E-state index contributed by atoms with van der Waals surface area (Å²) in [5.41, 5.74) is 1.99. The van der Waals surface area contributed by atoms with E-state index < -0.39 is 15.9 Å². The van der Waals surface area contributed by atoms with Gasteiger partial charge in [-0.2, -0.15) is 0 Å². The van der Waals surface area contributed by atoms with Crippen LogP contribution in [-0.4, -0.2) is 34.2 Å². The highest BCUT2D eigenvalue weighted by Gasteiger charge is 2.20. The second kappa shape index (κ2) is 7.35. The molecule has 0 aliphatic carbocycles. The highest BCUT2D eigenvalue weighted by atomic mass is 32.2. The number of carbonyl (C=O) groups excluding carboxylic acids is 1. The summed E-state index contributed by atoms with van der Waals surface area (Å²) in [4.78, 5) is 12.3. The molecular weight excluding hydrogens is 328 g/mol. The largest absolute Gasteiger partial charge is 0.497 e. The number of rotatable bonds is 6. The van der Waals surface area contributed by atoms with Crippen LogP contribution in [0.2, 0.25) is 0 Å². The van der Waals surface area contributed by atoms with E-state index in [-0.39, 0.29) is 6.54 Å². The molecule has 0 fully saturated rings. The number of benzene rings is 2.